The van der Waals surface area contributed by atoms with E-state index >= 15 is 0 Å². The van der Waals surface area contributed by atoms with Crippen LogP contribution in [0.15, 0.2) is 36.7 Å². The van der Waals surface area contributed by atoms with Gasteiger partial charge in [0.25, 0.3) is 0 Å². The first-order valence-electron chi connectivity index (χ1n) is 16.9. The van der Waals surface area contributed by atoms with Crippen LogP contribution in [0, 0.1) is 0 Å². The van der Waals surface area contributed by atoms with E-state index in [1.807, 2.05) is 12.4 Å². The number of rotatable bonds is 26. The predicted octanol–water partition coefficient (Wildman–Crippen LogP) is 11.7. The van der Waals surface area contributed by atoms with E-state index in [4.69, 9.17) is 4.74 Å². The molecular formula is C36H60N2O. The van der Waals surface area contributed by atoms with E-state index in [0.29, 0.717) is 0 Å². The lowest BCUT2D eigenvalue weighted by Crippen LogP contribution is -1.99. The van der Waals surface area contributed by atoms with Crippen molar-refractivity contribution in [3.63, 3.8) is 0 Å². The Morgan fingerprint density at radius 2 is 0.897 bits per heavy atom. The Morgan fingerprint density at radius 3 is 1.36 bits per heavy atom. The summed E-state index contributed by atoms with van der Waals surface area (Å²) in [5.41, 5.74) is 2.50. The number of hydrogen-bond donors (Lipinski definition) is 0. The number of nitrogens with zero attached hydrogens (tertiary/aromatic N) is 2. The average molecular weight is 537 g/mol. The molecule has 0 amide bonds. The van der Waals surface area contributed by atoms with Crippen molar-refractivity contribution in [2.24, 2.45) is 0 Å². The lowest BCUT2D eigenvalue weighted by Gasteiger charge is -2.07. The second-order valence-electron chi connectivity index (χ2n) is 11.6. The van der Waals surface area contributed by atoms with Crippen LogP contribution in [0.2, 0.25) is 0 Å². The van der Waals surface area contributed by atoms with Crippen molar-refractivity contribution in [1.82, 2.24) is 9.97 Å². The number of ether oxygens (including phenoxy) is 1. The lowest BCUT2D eigenvalue weighted by atomic mass is 10.0. The molecule has 220 valence electrons. The second kappa shape index (κ2) is 23.9. The molecule has 0 spiro atoms. The molecule has 0 aliphatic heterocycles. The van der Waals surface area contributed by atoms with Gasteiger partial charge in [-0.05, 0) is 24.8 Å². The third kappa shape index (κ3) is 17.4. The van der Waals surface area contributed by atoms with Crippen LogP contribution in [0.25, 0.3) is 11.4 Å². The highest BCUT2D eigenvalue weighted by atomic mass is 16.5. The molecule has 0 unspecified atom stereocenters. The number of aromatic nitrogens is 2. The lowest BCUT2D eigenvalue weighted by molar-refractivity contribution is 0.302. The van der Waals surface area contributed by atoms with Crippen LogP contribution >= 0.6 is 0 Å². The molecule has 1 heterocycles. The van der Waals surface area contributed by atoms with Crippen LogP contribution in [0.5, 0.6) is 5.75 Å². The molecule has 1 aromatic carbocycles. The summed E-state index contributed by atoms with van der Waals surface area (Å²) in [7, 11) is 0. The van der Waals surface area contributed by atoms with E-state index < -0.39 is 0 Å². The zero-order valence-corrected chi connectivity index (χ0v) is 25.7. The molecule has 3 nitrogen and oxygen atoms in total. The van der Waals surface area contributed by atoms with Gasteiger partial charge >= 0.3 is 0 Å². The first kappa shape index (κ1) is 33.3. The molecule has 2 rings (SSSR count). The van der Waals surface area contributed by atoms with Gasteiger partial charge in [-0.25, -0.2) is 9.97 Å². The van der Waals surface area contributed by atoms with Crippen molar-refractivity contribution in [3.05, 3.63) is 42.2 Å². The Hall–Kier alpha value is -1.90. The molecule has 39 heavy (non-hydrogen) atoms. The normalized spacial score (nSPS) is 11.2. The Kier molecular flexibility index (Phi) is 20.4. The Morgan fingerprint density at radius 1 is 0.487 bits per heavy atom. The van der Waals surface area contributed by atoms with Crippen molar-refractivity contribution in [1.29, 1.82) is 0 Å². The zero-order chi connectivity index (χ0) is 27.6. The van der Waals surface area contributed by atoms with Gasteiger partial charge in [0.1, 0.15) is 0 Å². The van der Waals surface area contributed by atoms with Crippen LogP contribution in [0.3, 0.4) is 0 Å². The van der Waals surface area contributed by atoms with Crippen molar-refractivity contribution >= 4 is 0 Å². The van der Waals surface area contributed by atoms with Crippen molar-refractivity contribution in [2.45, 2.75) is 162 Å². The van der Waals surface area contributed by atoms with E-state index in [0.717, 1.165) is 30.2 Å². The van der Waals surface area contributed by atoms with Gasteiger partial charge in [-0.3, -0.25) is 0 Å². The molecule has 0 fully saturated rings. The smallest absolute Gasteiger partial charge is 0.159 e. The fourth-order valence-corrected chi connectivity index (χ4v) is 5.31. The monoisotopic (exact) mass is 536 g/mol. The molecule has 2 aromatic rings. The van der Waals surface area contributed by atoms with E-state index in [2.05, 4.69) is 48.1 Å². The number of aryl methyl sites for hydroxylation is 1. The zero-order valence-electron chi connectivity index (χ0n) is 25.7. The van der Waals surface area contributed by atoms with Gasteiger partial charge in [0.2, 0.25) is 0 Å². The van der Waals surface area contributed by atoms with Crippen LogP contribution in [-0.2, 0) is 6.42 Å². The molecule has 0 aliphatic carbocycles. The topological polar surface area (TPSA) is 35.0 Å². The van der Waals surface area contributed by atoms with Crippen LogP contribution in [0.1, 0.15) is 161 Å². The van der Waals surface area contributed by atoms with E-state index in [1.165, 1.54) is 147 Å². The maximum atomic E-state index is 5.87. The highest BCUT2D eigenvalue weighted by Crippen LogP contribution is 2.19. The molecule has 0 radical (unpaired) electrons. The summed E-state index contributed by atoms with van der Waals surface area (Å²) in [5.74, 6) is 1.55. The molecular weight excluding hydrogens is 476 g/mol. The highest BCUT2D eigenvalue weighted by molar-refractivity contribution is 5.55. The average Bonchev–Trinajstić information content (AvgIpc) is 2.97. The van der Waals surface area contributed by atoms with Crippen LogP contribution < -0.4 is 4.74 Å². The SMILES string of the molecule is CCCCCCCCCCCCCCc1ccc(-c2ncc(OCCCCCCCCCCCC)cn2)cc1. The summed E-state index contributed by atoms with van der Waals surface area (Å²) in [6.07, 6.45) is 35.0. The maximum Gasteiger partial charge on any atom is 0.159 e. The fourth-order valence-electron chi connectivity index (χ4n) is 5.31. The summed E-state index contributed by atoms with van der Waals surface area (Å²) < 4.78 is 5.87. The minimum atomic E-state index is 0.757. The van der Waals surface area contributed by atoms with Crippen molar-refractivity contribution in [2.75, 3.05) is 6.61 Å². The molecule has 1 aromatic heterocycles. The van der Waals surface area contributed by atoms with Gasteiger partial charge in [0, 0.05) is 5.56 Å². The first-order chi connectivity index (χ1) is 19.3. The van der Waals surface area contributed by atoms with Gasteiger partial charge in [-0.15, -0.1) is 0 Å². The minimum absolute atomic E-state index is 0.757. The number of hydrogen-bond acceptors (Lipinski definition) is 3. The van der Waals surface area contributed by atoms with Gasteiger partial charge in [0.05, 0.1) is 19.0 Å². The quantitative estimate of drug-likeness (QED) is 0.112. The predicted molar refractivity (Wildman–Crippen MR) is 170 cm³/mol. The van der Waals surface area contributed by atoms with E-state index in [-0.39, 0.29) is 0 Å². The Bertz CT molecular complexity index is 787. The molecule has 0 atom stereocenters. The van der Waals surface area contributed by atoms with Gasteiger partial charge < -0.3 is 4.74 Å². The Balaban J connectivity index is 1.49. The van der Waals surface area contributed by atoms with Gasteiger partial charge in [0.15, 0.2) is 11.6 Å². The van der Waals surface area contributed by atoms with Crippen molar-refractivity contribution in [3.8, 4) is 17.1 Å². The molecule has 0 aliphatic rings. The maximum absolute atomic E-state index is 5.87. The summed E-state index contributed by atoms with van der Waals surface area (Å²) in [6, 6.07) is 8.81. The van der Waals surface area contributed by atoms with E-state index in [1.54, 1.807) is 0 Å². The standard InChI is InChI=1S/C36H60N2O/c1-3-5-7-9-11-13-15-16-17-19-21-23-25-33-26-28-34(29-27-33)36-37-31-35(32-38-36)39-30-24-22-20-18-14-12-10-8-6-4-2/h26-29,31-32H,3-25,30H2,1-2H3. The minimum Gasteiger partial charge on any atom is -0.490 e. The highest BCUT2D eigenvalue weighted by Gasteiger charge is 2.03. The summed E-state index contributed by atoms with van der Waals surface area (Å²) in [5, 5.41) is 0. The fraction of sp³-hybridized carbons (Fsp3) is 0.722. The van der Waals surface area contributed by atoms with E-state index in [9.17, 15) is 0 Å². The van der Waals surface area contributed by atoms with Crippen LogP contribution in [0.4, 0.5) is 0 Å². The summed E-state index contributed by atoms with van der Waals surface area (Å²) >= 11 is 0. The first-order valence-corrected chi connectivity index (χ1v) is 16.9. The largest absolute Gasteiger partial charge is 0.490 e. The summed E-state index contributed by atoms with van der Waals surface area (Å²) in [6.45, 7) is 5.33. The third-order valence-corrected chi connectivity index (χ3v) is 7.93. The molecule has 3 heteroatoms. The van der Waals surface area contributed by atoms with Crippen LogP contribution in [-0.4, -0.2) is 16.6 Å². The van der Waals surface area contributed by atoms with Gasteiger partial charge in [-0.2, -0.15) is 0 Å². The molecule has 0 bridgehead atoms. The van der Waals surface area contributed by atoms with Gasteiger partial charge in [-0.1, -0.05) is 167 Å². The molecule has 0 saturated heterocycles. The number of benzene rings is 1. The third-order valence-electron chi connectivity index (χ3n) is 7.93. The van der Waals surface area contributed by atoms with Crippen molar-refractivity contribution < 1.29 is 4.74 Å². The second-order valence-corrected chi connectivity index (χ2v) is 11.6. The molecule has 0 saturated carbocycles. The number of unbranched alkanes of at least 4 members (excludes halogenated alkanes) is 20. The summed E-state index contributed by atoms with van der Waals surface area (Å²) in [4.78, 5) is 9.10. The Labute approximate surface area is 242 Å². The molecule has 0 N–H and O–H groups in total.